The number of carbonyl (C=O) groups excluding carboxylic acids is 1. The highest BCUT2D eigenvalue weighted by Gasteiger charge is 2.31. The summed E-state index contributed by atoms with van der Waals surface area (Å²) in [4.78, 5) is 14.1. The van der Waals surface area contributed by atoms with E-state index in [9.17, 15) is 4.79 Å². The summed E-state index contributed by atoms with van der Waals surface area (Å²) in [6, 6.07) is 0.248. The second kappa shape index (κ2) is 5.00. The summed E-state index contributed by atoms with van der Waals surface area (Å²) in [5.74, 6) is 0.404. The summed E-state index contributed by atoms with van der Waals surface area (Å²) in [5, 5.41) is 7.03. The standard InChI is InChI=1S/C13H22N4O/c1-4-9(5-2)17(3)13(18)12-10(14)11(15-16-12)8-6-7-8/h8-9H,4-7,14H2,1-3H3,(H,15,16). The fraction of sp³-hybridized carbons (Fsp3) is 0.692. The van der Waals surface area contributed by atoms with Crippen molar-refractivity contribution in [1.82, 2.24) is 15.1 Å². The first-order chi connectivity index (χ1) is 8.60. The van der Waals surface area contributed by atoms with Crippen LogP contribution in [0.15, 0.2) is 0 Å². The number of nitrogens with two attached hydrogens (primary N) is 1. The quantitative estimate of drug-likeness (QED) is 0.840. The van der Waals surface area contributed by atoms with Gasteiger partial charge in [-0.05, 0) is 25.7 Å². The zero-order chi connectivity index (χ0) is 13.3. The van der Waals surface area contributed by atoms with Crippen LogP contribution in [0.5, 0.6) is 0 Å². The Balaban J connectivity index is 2.17. The van der Waals surface area contributed by atoms with Crippen LogP contribution < -0.4 is 5.73 Å². The van der Waals surface area contributed by atoms with Crippen LogP contribution in [0.2, 0.25) is 0 Å². The van der Waals surface area contributed by atoms with Crippen LogP contribution in [0.3, 0.4) is 0 Å². The van der Waals surface area contributed by atoms with Gasteiger partial charge in [0.25, 0.3) is 5.91 Å². The Hall–Kier alpha value is -1.52. The molecule has 0 aromatic carbocycles. The molecule has 2 rings (SSSR count). The SMILES string of the molecule is CCC(CC)N(C)C(=O)c1n[nH]c(C2CC2)c1N. The number of hydrogen-bond acceptors (Lipinski definition) is 3. The molecule has 18 heavy (non-hydrogen) atoms. The molecule has 0 saturated heterocycles. The zero-order valence-corrected chi connectivity index (χ0v) is 11.4. The van der Waals surface area contributed by atoms with E-state index in [1.165, 1.54) is 0 Å². The molecule has 1 heterocycles. The molecular weight excluding hydrogens is 228 g/mol. The predicted molar refractivity (Wildman–Crippen MR) is 71.4 cm³/mol. The van der Waals surface area contributed by atoms with Crippen LogP contribution in [0.25, 0.3) is 0 Å². The van der Waals surface area contributed by atoms with Crippen LogP contribution in [-0.2, 0) is 0 Å². The van der Waals surface area contributed by atoms with E-state index in [1.54, 1.807) is 4.90 Å². The lowest BCUT2D eigenvalue weighted by molar-refractivity contribution is 0.0719. The van der Waals surface area contributed by atoms with Gasteiger partial charge in [-0.1, -0.05) is 13.8 Å². The lowest BCUT2D eigenvalue weighted by atomic mass is 10.1. The molecule has 1 aliphatic carbocycles. The molecule has 0 unspecified atom stereocenters. The number of nitrogen functional groups attached to an aromatic ring is 1. The number of anilines is 1. The number of nitrogens with zero attached hydrogens (tertiary/aromatic N) is 2. The van der Waals surface area contributed by atoms with Crippen molar-refractivity contribution in [1.29, 1.82) is 0 Å². The average Bonchev–Trinajstić information content (AvgIpc) is 3.13. The van der Waals surface area contributed by atoms with Gasteiger partial charge in [0.2, 0.25) is 0 Å². The number of aromatic amines is 1. The van der Waals surface area contributed by atoms with Crippen molar-refractivity contribution in [2.24, 2.45) is 0 Å². The number of H-pyrrole nitrogens is 1. The maximum Gasteiger partial charge on any atom is 0.276 e. The van der Waals surface area contributed by atoms with E-state index in [1.807, 2.05) is 7.05 Å². The molecular formula is C13H22N4O. The highest BCUT2D eigenvalue weighted by atomic mass is 16.2. The van der Waals surface area contributed by atoms with E-state index < -0.39 is 0 Å². The lowest BCUT2D eigenvalue weighted by Gasteiger charge is -2.25. The van der Waals surface area contributed by atoms with E-state index in [2.05, 4.69) is 24.0 Å². The molecule has 1 aromatic rings. The first kappa shape index (κ1) is 12.9. The maximum atomic E-state index is 12.3. The molecule has 0 aliphatic heterocycles. The third-order valence-electron chi connectivity index (χ3n) is 3.83. The number of carbonyl (C=O) groups is 1. The van der Waals surface area contributed by atoms with Crippen LogP contribution in [-0.4, -0.2) is 34.1 Å². The van der Waals surface area contributed by atoms with Gasteiger partial charge in [0.1, 0.15) is 0 Å². The van der Waals surface area contributed by atoms with Crippen LogP contribution in [0, 0.1) is 0 Å². The topological polar surface area (TPSA) is 75.0 Å². The molecule has 100 valence electrons. The highest BCUT2D eigenvalue weighted by Crippen LogP contribution is 2.42. The normalized spacial score (nSPS) is 15.1. The van der Waals surface area contributed by atoms with Crippen molar-refractivity contribution in [3.63, 3.8) is 0 Å². The Bertz CT molecular complexity index is 432. The zero-order valence-electron chi connectivity index (χ0n) is 11.4. The molecule has 1 aliphatic rings. The molecule has 1 amide bonds. The minimum atomic E-state index is -0.0793. The highest BCUT2D eigenvalue weighted by molar-refractivity contribution is 5.97. The molecule has 0 radical (unpaired) electrons. The molecule has 1 saturated carbocycles. The number of aromatic nitrogens is 2. The molecule has 0 spiro atoms. The van der Waals surface area contributed by atoms with E-state index in [0.29, 0.717) is 17.3 Å². The van der Waals surface area contributed by atoms with Gasteiger partial charge in [-0.15, -0.1) is 0 Å². The van der Waals surface area contributed by atoms with Crippen molar-refractivity contribution < 1.29 is 4.79 Å². The van der Waals surface area contributed by atoms with Crippen molar-refractivity contribution in [3.8, 4) is 0 Å². The summed E-state index contributed by atoms with van der Waals surface area (Å²) in [6.45, 7) is 4.17. The van der Waals surface area contributed by atoms with Crippen LogP contribution >= 0.6 is 0 Å². The Morgan fingerprint density at radius 2 is 2.11 bits per heavy atom. The molecule has 3 N–H and O–H groups in total. The first-order valence-corrected chi connectivity index (χ1v) is 6.70. The fourth-order valence-corrected chi connectivity index (χ4v) is 2.38. The van der Waals surface area contributed by atoms with Gasteiger partial charge >= 0.3 is 0 Å². The van der Waals surface area contributed by atoms with Crippen molar-refractivity contribution in [2.75, 3.05) is 12.8 Å². The van der Waals surface area contributed by atoms with Gasteiger partial charge in [-0.2, -0.15) is 5.10 Å². The Morgan fingerprint density at radius 3 is 2.61 bits per heavy atom. The average molecular weight is 250 g/mol. The van der Waals surface area contributed by atoms with E-state index in [0.717, 1.165) is 31.4 Å². The summed E-state index contributed by atoms with van der Waals surface area (Å²) in [7, 11) is 1.82. The Kier molecular flexibility index (Phi) is 3.59. The van der Waals surface area contributed by atoms with Gasteiger partial charge in [-0.3, -0.25) is 9.89 Å². The summed E-state index contributed by atoms with van der Waals surface area (Å²) in [6.07, 6.45) is 4.17. The maximum absolute atomic E-state index is 12.3. The Morgan fingerprint density at radius 1 is 1.50 bits per heavy atom. The summed E-state index contributed by atoms with van der Waals surface area (Å²) >= 11 is 0. The van der Waals surface area contributed by atoms with Crippen LogP contribution in [0.4, 0.5) is 5.69 Å². The third kappa shape index (κ3) is 2.21. The molecule has 0 atom stereocenters. The Labute approximate surface area is 108 Å². The van der Waals surface area contributed by atoms with Gasteiger partial charge in [-0.25, -0.2) is 0 Å². The largest absolute Gasteiger partial charge is 0.395 e. The number of hydrogen-bond donors (Lipinski definition) is 2. The monoisotopic (exact) mass is 250 g/mol. The van der Waals surface area contributed by atoms with Crippen molar-refractivity contribution in [3.05, 3.63) is 11.4 Å². The summed E-state index contributed by atoms with van der Waals surface area (Å²) < 4.78 is 0. The van der Waals surface area contributed by atoms with Gasteiger partial charge in [0.05, 0.1) is 11.4 Å². The van der Waals surface area contributed by atoms with Crippen LogP contribution in [0.1, 0.15) is 61.6 Å². The molecule has 5 heteroatoms. The third-order valence-corrected chi connectivity index (χ3v) is 3.83. The fourth-order valence-electron chi connectivity index (χ4n) is 2.38. The molecule has 1 fully saturated rings. The minimum absolute atomic E-state index is 0.0793. The second-order valence-electron chi connectivity index (χ2n) is 5.06. The molecule has 5 nitrogen and oxygen atoms in total. The van der Waals surface area contributed by atoms with Crippen molar-refractivity contribution >= 4 is 11.6 Å². The van der Waals surface area contributed by atoms with E-state index in [4.69, 9.17) is 5.73 Å². The molecule has 0 bridgehead atoms. The second-order valence-corrected chi connectivity index (χ2v) is 5.06. The lowest BCUT2D eigenvalue weighted by Crippen LogP contribution is -2.36. The van der Waals surface area contributed by atoms with E-state index in [-0.39, 0.29) is 11.9 Å². The van der Waals surface area contributed by atoms with E-state index >= 15 is 0 Å². The number of rotatable bonds is 5. The van der Waals surface area contributed by atoms with Gasteiger partial charge < -0.3 is 10.6 Å². The smallest absolute Gasteiger partial charge is 0.276 e. The minimum Gasteiger partial charge on any atom is -0.395 e. The molecule has 1 aromatic heterocycles. The predicted octanol–water partition coefficient (Wildman–Crippen LogP) is 2.13. The van der Waals surface area contributed by atoms with Gasteiger partial charge in [0, 0.05) is 19.0 Å². The number of nitrogens with one attached hydrogen (secondary N) is 1. The number of amides is 1. The van der Waals surface area contributed by atoms with Gasteiger partial charge in [0.15, 0.2) is 5.69 Å². The summed E-state index contributed by atoms with van der Waals surface area (Å²) in [5.41, 5.74) is 7.89. The van der Waals surface area contributed by atoms with Crippen molar-refractivity contribution in [2.45, 2.75) is 51.5 Å². The first-order valence-electron chi connectivity index (χ1n) is 6.70.